The van der Waals surface area contributed by atoms with Crippen molar-refractivity contribution in [2.75, 3.05) is 11.4 Å². The highest BCUT2D eigenvalue weighted by molar-refractivity contribution is 5.94. The molecule has 0 radical (unpaired) electrons. The van der Waals surface area contributed by atoms with Gasteiger partial charge >= 0.3 is 0 Å². The van der Waals surface area contributed by atoms with Crippen LogP contribution in [0.1, 0.15) is 76.3 Å². The van der Waals surface area contributed by atoms with E-state index in [0.29, 0.717) is 12.0 Å². The number of aliphatic hydroxyl groups is 1. The highest BCUT2D eigenvalue weighted by Crippen LogP contribution is 2.40. The van der Waals surface area contributed by atoms with Crippen LogP contribution in [0.15, 0.2) is 66.7 Å². The average Bonchev–Trinajstić information content (AvgIpc) is 3.33. The number of rotatable bonds is 9. The maximum atomic E-state index is 10.6. The summed E-state index contributed by atoms with van der Waals surface area (Å²) in [5.41, 5.74) is 3.69. The van der Waals surface area contributed by atoms with Crippen LogP contribution in [0.25, 0.3) is 10.8 Å². The number of hydrogen-bond donors (Lipinski definition) is 1. The van der Waals surface area contributed by atoms with Gasteiger partial charge in [-0.3, -0.25) is 0 Å². The zero-order valence-electron chi connectivity index (χ0n) is 20.1. The van der Waals surface area contributed by atoms with Gasteiger partial charge < -0.3 is 10.0 Å². The van der Waals surface area contributed by atoms with Gasteiger partial charge in [0.25, 0.3) is 0 Å². The lowest BCUT2D eigenvalue weighted by Gasteiger charge is -2.31. The summed E-state index contributed by atoms with van der Waals surface area (Å²) >= 11 is 0. The van der Waals surface area contributed by atoms with Crippen molar-refractivity contribution >= 4 is 16.5 Å². The Morgan fingerprint density at radius 1 is 0.875 bits per heavy atom. The van der Waals surface area contributed by atoms with E-state index in [-0.39, 0.29) is 0 Å². The lowest BCUT2D eigenvalue weighted by atomic mass is 9.89. The predicted molar refractivity (Wildman–Crippen MR) is 138 cm³/mol. The highest BCUT2D eigenvalue weighted by Gasteiger charge is 2.30. The van der Waals surface area contributed by atoms with Gasteiger partial charge in [0.1, 0.15) is 0 Å². The van der Waals surface area contributed by atoms with Crippen molar-refractivity contribution in [2.24, 2.45) is 0 Å². The van der Waals surface area contributed by atoms with Crippen molar-refractivity contribution in [3.8, 4) is 0 Å². The monoisotopic (exact) mass is 429 g/mol. The Labute approximate surface area is 194 Å². The number of fused-ring (bicyclic) bond motifs is 1. The summed E-state index contributed by atoms with van der Waals surface area (Å²) in [6, 6.07) is 25.3. The maximum Gasteiger partial charge on any atom is 0.0645 e. The molecule has 0 aromatic heterocycles. The molecule has 2 atom stereocenters. The van der Waals surface area contributed by atoms with Gasteiger partial charge in [0.15, 0.2) is 0 Å². The topological polar surface area (TPSA) is 23.5 Å². The van der Waals surface area contributed by atoms with Gasteiger partial charge in [0.05, 0.1) is 5.60 Å². The molecule has 2 nitrogen and oxygen atoms in total. The molecule has 0 amide bonds. The Balaban J connectivity index is 1.43. The number of anilines is 1. The normalized spacial score (nSPS) is 18.9. The summed E-state index contributed by atoms with van der Waals surface area (Å²) in [5.74, 6) is 0.640. The molecule has 0 spiro atoms. The minimum absolute atomic E-state index is 0.511. The van der Waals surface area contributed by atoms with E-state index >= 15 is 0 Å². The van der Waals surface area contributed by atoms with Crippen LogP contribution in [0.4, 0.5) is 5.69 Å². The van der Waals surface area contributed by atoms with Crippen LogP contribution in [0.5, 0.6) is 0 Å². The van der Waals surface area contributed by atoms with Gasteiger partial charge in [-0.25, -0.2) is 0 Å². The third-order valence-corrected chi connectivity index (χ3v) is 7.91. The molecule has 3 aromatic carbocycles. The summed E-state index contributed by atoms with van der Waals surface area (Å²) in [7, 11) is 0. The predicted octanol–water partition coefficient (Wildman–Crippen LogP) is 7.49. The molecule has 2 unspecified atom stereocenters. The van der Waals surface area contributed by atoms with E-state index in [1.165, 1.54) is 46.8 Å². The molecule has 1 fully saturated rings. The Morgan fingerprint density at radius 2 is 1.59 bits per heavy atom. The van der Waals surface area contributed by atoms with Crippen molar-refractivity contribution in [1.29, 1.82) is 0 Å². The molecule has 0 heterocycles. The van der Waals surface area contributed by atoms with Gasteiger partial charge in [0, 0.05) is 23.7 Å². The fraction of sp³-hybridized carbons (Fsp3) is 0.467. The number of aryl methyl sites for hydroxylation is 1. The lowest BCUT2D eigenvalue weighted by Crippen LogP contribution is -2.33. The molecular weight excluding hydrogens is 390 g/mol. The van der Waals surface area contributed by atoms with Crippen LogP contribution in [-0.4, -0.2) is 23.3 Å². The van der Waals surface area contributed by atoms with E-state index in [1.807, 2.05) is 0 Å². The molecule has 0 saturated heterocycles. The summed E-state index contributed by atoms with van der Waals surface area (Å²) in [6.45, 7) is 7.50. The van der Waals surface area contributed by atoms with Crippen molar-refractivity contribution in [1.82, 2.24) is 0 Å². The molecule has 0 bridgehead atoms. The standard InChI is InChI=1S/C30H39NO/c1-4-30(32,5-2)21-20-23-14-16-24(17-15-23)26-18-19-27(22-26)31(6-3)29-13-9-11-25-10-7-8-12-28(25)29/h7-17,26-27,32H,4-6,18-22H2,1-3H3. The quantitative estimate of drug-likeness (QED) is 0.381. The van der Waals surface area contributed by atoms with E-state index in [1.54, 1.807) is 0 Å². The smallest absolute Gasteiger partial charge is 0.0645 e. The third-order valence-electron chi connectivity index (χ3n) is 7.91. The summed E-state index contributed by atoms with van der Waals surface area (Å²) in [4.78, 5) is 2.63. The Kier molecular flexibility index (Phi) is 7.20. The molecule has 170 valence electrons. The first-order valence-electron chi connectivity index (χ1n) is 12.6. The molecule has 1 aliphatic carbocycles. The molecule has 3 aromatic rings. The minimum atomic E-state index is -0.511. The maximum absolute atomic E-state index is 10.6. The number of hydrogen-bond acceptors (Lipinski definition) is 2. The Hall–Kier alpha value is -2.32. The second kappa shape index (κ2) is 10.1. The van der Waals surface area contributed by atoms with Gasteiger partial charge in [-0.1, -0.05) is 74.5 Å². The Morgan fingerprint density at radius 3 is 2.31 bits per heavy atom. The SMILES string of the molecule is CCN(c1cccc2ccccc12)C1CCC(c2ccc(CCC(O)(CC)CC)cc2)C1. The second-order valence-electron chi connectivity index (χ2n) is 9.62. The first kappa shape index (κ1) is 22.9. The van der Waals surface area contributed by atoms with E-state index in [2.05, 4.69) is 92.4 Å². The number of benzene rings is 3. The van der Waals surface area contributed by atoms with Crippen LogP contribution in [0.2, 0.25) is 0 Å². The fourth-order valence-corrected chi connectivity index (χ4v) is 5.56. The molecular formula is C30H39NO. The molecule has 2 heteroatoms. The molecule has 1 N–H and O–H groups in total. The zero-order valence-corrected chi connectivity index (χ0v) is 20.1. The van der Waals surface area contributed by atoms with E-state index in [9.17, 15) is 5.11 Å². The fourth-order valence-electron chi connectivity index (χ4n) is 5.56. The van der Waals surface area contributed by atoms with Crippen molar-refractivity contribution in [3.05, 3.63) is 77.9 Å². The summed E-state index contributed by atoms with van der Waals surface area (Å²) in [6.07, 6.45) is 7.20. The summed E-state index contributed by atoms with van der Waals surface area (Å²) in [5, 5.41) is 13.3. The molecule has 1 saturated carbocycles. The van der Waals surface area contributed by atoms with Gasteiger partial charge in [-0.05, 0) is 80.4 Å². The van der Waals surface area contributed by atoms with Crippen LogP contribution >= 0.6 is 0 Å². The summed E-state index contributed by atoms with van der Waals surface area (Å²) < 4.78 is 0. The Bertz CT molecular complexity index is 1000. The average molecular weight is 430 g/mol. The third kappa shape index (κ3) is 4.86. The molecule has 0 aliphatic heterocycles. The van der Waals surface area contributed by atoms with Gasteiger partial charge in [-0.2, -0.15) is 0 Å². The van der Waals surface area contributed by atoms with Crippen LogP contribution in [0, 0.1) is 0 Å². The van der Waals surface area contributed by atoms with Crippen molar-refractivity contribution in [2.45, 2.75) is 83.3 Å². The first-order valence-corrected chi connectivity index (χ1v) is 12.6. The van der Waals surface area contributed by atoms with E-state index in [0.717, 1.165) is 32.2 Å². The highest BCUT2D eigenvalue weighted by atomic mass is 16.3. The molecule has 1 aliphatic rings. The first-order chi connectivity index (χ1) is 15.6. The lowest BCUT2D eigenvalue weighted by molar-refractivity contribution is 0.0239. The van der Waals surface area contributed by atoms with E-state index in [4.69, 9.17) is 0 Å². The zero-order chi connectivity index (χ0) is 22.6. The van der Waals surface area contributed by atoms with Crippen molar-refractivity contribution in [3.63, 3.8) is 0 Å². The minimum Gasteiger partial charge on any atom is -0.390 e. The van der Waals surface area contributed by atoms with Crippen molar-refractivity contribution < 1.29 is 5.11 Å². The number of nitrogens with zero attached hydrogens (tertiary/aromatic N) is 1. The molecule has 4 rings (SSSR count). The largest absolute Gasteiger partial charge is 0.390 e. The molecule has 32 heavy (non-hydrogen) atoms. The van der Waals surface area contributed by atoms with Gasteiger partial charge in [-0.15, -0.1) is 0 Å². The second-order valence-corrected chi connectivity index (χ2v) is 9.62. The van der Waals surface area contributed by atoms with E-state index < -0.39 is 5.60 Å². The van der Waals surface area contributed by atoms with Crippen LogP contribution in [0.3, 0.4) is 0 Å². The van der Waals surface area contributed by atoms with Crippen LogP contribution < -0.4 is 4.90 Å². The van der Waals surface area contributed by atoms with Gasteiger partial charge in [0.2, 0.25) is 0 Å². The van der Waals surface area contributed by atoms with Crippen LogP contribution in [-0.2, 0) is 6.42 Å².